The Kier molecular flexibility index (Phi) is 8.06. The molecule has 1 fully saturated rings. The molecule has 0 aliphatic carbocycles. The number of aromatic nitrogens is 1. The molecule has 0 bridgehead atoms. The molecule has 224 valence electrons. The van der Waals surface area contributed by atoms with E-state index in [4.69, 9.17) is 9.47 Å². The molecular weight excluding hydrogens is 609 g/mol. The maximum Gasteiger partial charge on any atom is 0.338 e. The van der Waals surface area contributed by atoms with Crippen molar-refractivity contribution < 1.29 is 33.0 Å². The van der Waals surface area contributed by atoms with Crippen molar-refractivity contribution in [1.82, 2.24) is 4.98 Å². The Hall–Kier alpha value is -4.75. The van der Waals surface area contributed by atoms with Gasteiger partial charge in [-0.2, -0.15) is 0 Å². The Morgan fingerprint density at radius 1 is 0.977 bits per heavy atom. The van der Waals surface area contributed by atoms with E-state index in [9.17, 15) is 28.4 Å². The average Bonchev–Trinajstić information content (AvgIpc) is 3.51. The lowest BCUT2D eigenvalue weighted by Gasteiger charge is -2.30. The summed E-state index contributed by atoms with van der Waals surface area (Å²) in [5, 5.41) is 2.36. The van der Waals surface area contributed by atoms with Gasteiger partial charge in [-0.15, -0.1) is 0 Å². The zero-order chi connectivity index (χ0) is 31.0. The van der Waals surface area contributed by atoms with Crippen LogP contribution in [-0.2, 0) is 19.1 Å². The number of ether oxygens (including phenoxy) is 2. The number of H-pyrrole nitrogens is 1. The van der Waals surface area contributed by atoms with Crippen LogP contribution in [-0.4, -0.2) is 47.1 Å². The summed E-state index contributed by atoms with van der Waals surface area (Å²) < 4.78 is 24.5. The Balaban J connectivity index is 1.26. The number of nitrogens with zero attached hydrogens (tertiary/aromatic N) is 1. The number of hydrogen-bond donors (Lipinski definition) is 2. The molecule has 6 rings (SSSR count). The highest BCUT2D eigenvalue weighted by Crippen LogP contribution is 2.54. The maximum atomic E-state index is 13.9. The van der Waals surface area contributed by atoms with Gasteiger partial charge in [-0.3, -0.25) is 19.2 Å². The number of aromatic amines is 1. The molecule has 2 aliphatic heterocycles. The minimum absolute atomic E-state index is 0.248. The molecule has 1 saturated heterocycles. The maximum absolute atomic E-state index is 13.9. The highest BCUT2D eigenvalue weighted by atomic mass is 32.2. The number of anilines is 2. The number of nitrogens with one attached hydrogen (secondary N) is 2. The van der Waals surface area contributed by atoms with E-state index in [1.54, 1.807) is 43.3 Å². The number of thiazole rings is 1. The van der Waals surface area contributed by atoms with Crippen molar-refractivity contribution in [2.75, 3.05) is 23.4 Å². The van der Waals surface area contributed by atoms with Gasteiger partial charge < -0.3 is 19.8 Å². The minimum Gasteiger partial charge on any atom is -0.483 e. The van der Waals surface area contributed by atoms with Gasteiger partial charge in [0.2, 0.25) is 11.8 Å². The quantitative estimate of drug-likeness (QED) is 0.213. The van der Waals surface area contributed by atoms with Gasteiger partial charge in [0.25, 0.3) is 5.91 Å². The number of hydrogen-bond acceptors (Lipinski definition) is 9. The van der Waals surface area contributed by atoms with Crippen LogP contribution in [0, 0.1) is 11.7 Å². The lowest BCUT2D eigenvalue weighted by molar-refractivity contribution is -0.122. The summed E-state index contributed by atoms with van der Waals surface area (Å²) in [6.45, 7) is 1.58. The van der Waals surface area contributed by atoms with Crippen molar-refractivity contribution in [2.24, 2.45) is 5.92 Å². The van der Waals surface area contributed by atoms with E-state index in [-0.39, 0.29) is 23.8 Å². The van der Waals surface area contributed by atoms with E-state index >= 15 is 0 Å². The van der Waals surface area contributed by atoms with Crippen molar-refractivity contribution >= 4 is 58.2 Å². The van der Waals surface area contributed by atoms with Gasteiger partial charge in [-0.25, -0.2) is 14.1 Å². The molecule has 0 saturated carbocycles. The first-order valence-corrected chi connectivity index (χ1v) is 15.3. The molecule has 3 atom stereocenters. The number of halogens is 1. The van der Waals surface area contributed by atoms with Crippen LogP contribution in [0.2, 0.25) is 0 Å². The van der Waals surface area contributed by atoms with Gasteiger partial charge in [-0.1, -0.05) is 41.3 Å². The highest BCUT2D eigenvalue weighted by Gasteiger charge is 2.56. The van der Waals surface area contributed by atoms with Gasteiger partial charge in [-0.05, 0) is 61.5 Å². The summed E-state index contributed by atoms with van der Waals surface area (Å²) >= 11 is 2.08. The number of carbonyl (C=O) groups is 4. The van der Waals surface area contributed by atoms with Crippen LogP contribution < -0.4 is 19.8 Å². The summed E-state index contributed by atoms with van der Waals surface area (Å²) in [5.41, 5.74) is 1.59. The standard InChI is InChI=1S/C31H24FN3O7S2/c1-2-41-30(39)16-7-11-18(12-8-16)33-22(36)15-42-21-6-4-3-5-20(21)23-24-26(43-27-25(23)44-31(40)34-27)29(38)35(28(24)37)19-13-9-17(32)10-14-19/h3-14,23-24,26H,2,15H2,1H3,(H,33,36)(H,34,40). The normalized spacial score (nSPS) is 18.9. The molecular formula is C31H24FN3O7S2. The zero-order valence-corrected chi connectivity index (χ0v) is 24.7. The fourth-order valence-electron chi connectivity index (χ4n) is 5.31. The van der Waals surface area contributed by atoms with E-state index in [1.165, 1.54) is 36.4 Å². The molecule has 2 aliphatic rings. The van der Waals surface area contributed by atoms with Crippen LogP contribution in [0.15, 0.2) is 82.6 Å². The molecule has 4 aromatic rings. The van der Waals surface area contributed by atoms with Crippen molar-refractivity contribution in [3.8, 4) is 5.75 Å². The van der Waals surface area contributed by atoms with Crippen LogP contribution in [0.25, 0.3) is 0 Å². The predicted octanol–water partition coefficient (Wildman–Crippen LogP) is 4.57. The molecule has 0 radical (unpaired) electrons. The Morgan fingerprint density at radius 2 is 1.70 bits per heavy atom. The molecule has 3 amide bonds. The van der Waals surface area contributed by atoms with E-state index in [2.05, 4.69) is 10.3 Å². The van der Waals surface area contributed by atoms with Crippen LogP contribution in [0.5, 0.6) is 5.75 Å². The first-order chi connectivity index (χ1) is 21.2. The second-order valence-electron chi connectivity index (χ2n) is 9.91. The Morgan fingerprint density at radius 3 is 2.43 bits per heavy atom. The van der Waals surface area contributed by atoms with Crippen LogP contribution in [0.1, 0.15) is 33.6 Å². The summed E-state index contributed by atoms with van der Waals surface area (Å²) in [6.07, 6.45) is 0. The number of rotatable bonds is 8. The van der Waals surface area contributed by atoms with Gasteiger partial charge in [0.1, 0.15) is 16.8 Å². The monoisotopic (exact) mass is 633 g/mol. The third kappa shape index (κ3) is 5.51. The summed E-state index contributed by atoms with van der Waals surface area (Å²) in [4.78, 5) is 68.7. The zero-order valence-electron chi connectivity index (χ0n) is 23.1. The van der Waals surface area contributed by atoms with E-state index in [0.29, 0.717) is 32.5 Å². The molecule has 44 heavy (non-hydrogen) atoms. The number of carbonyl (C=O) groups excluding carboxylic acids is 4. The number of benzene rings is 3. The number of thioether (sulfide) groups is 1. The van der Waals surface area contributed by atoms with Gasteiger partial charge in [0.05, 0.1) is 28.8 Å². The predicted molar refractivity (Wildman–Crippen MR) is 162 cm³/mol. The average molecular weight is 634 g/mol. The van der Waals surface area contributed by atoms with Crippen LogP contribution in [0.4, 0.5) is 15.8 Å². The van der Waals surface area contributed by atoms with Gasteiger partial charge in [0, 0.05) is 22.0 Å². The highest BCUT2D eigenvalue weighted by molar-refractivity contribution is 8.00. The molecule has 1 aromatic heterocycles. The van der Waals surface area contributed by atoms with E-state index < -0.39 is 46.6 Å². The van der Waals surface area contributed by atoms with Crippen molar-refractivity contribution in [2.45, 2.75) is 23.1 Å². The van der Waals surface area contributed by atoms with Gasteiger partial charge in [0.15, 0.2) is 6.61 Å². The number of para-hydroxylation sites is 1. The van der Waals surface area contributed by atoms with Crippen molar-refractivity contribution in [1.29, 1.82) is 0 Å². The second-order valence-corrected chi connectivity index (χ2v) is 12.1. The molecule has 3 heterocycles. The number of amides is 3. The first kappa shape index (κ1) is 29.3. The first-order valence-electron chi connectivity index (χ1n) is 13.6. The molecule has 3 unspecified atom stereocenters. The second kappa shape index (κ2) is 12.1. The molecule has 13 heteroatoms. The number of esters is 1. The molecule has 10 nitrogen and oxygen atoms in total. The number of imide groups is 1. The van der Waals surface area contributed by atoms with Crippen LogP contribution in [0.3, 0.4) is 0 Å². The lowest BCUT2D eigenvalue weighted by Crippen LogP contribution is -2.32. The Bertz CT molecular complexity index is 1820. The van der Waals surface area contributed by atoms with E-state index in [0.717, 1.165) is 28.0 Å². The summed E-state index contributed by atoms with van der Waals surface area (Å²) in [6, 6.07) is 18.2. The molecule has 3 aromatic carbocycles. The largest absolute Gasteiger partial charge is 0.483 e. The van der Waals surface area contributed by atoms with E-state index in [1.807, 2.05) is 0 Å². The summed E-state index contributed by atoms with van der Waals surface area (Å²) in [5.74, 6) is -3.68. The fourth-order valence-corrected chi connectivity index (χ4v) is 7.82. The van der Waals surface area contributed by atoms with Gasteiger partial charge >= 0.3 is 10.8 Å². The molecule has 0 spiro atoms. The topological polar surface area (TPSA) is 135 Å². The SMILES string of the molecule is CCOC(=O)c1ccc(NC(=O)COc2ccccc2C2c3sc(=O)[nH]c3SC3C(=O)N(c4ccc(F)cc4)C(=O)C32)cc1. The van der Waals surface area contributed by atoms with Crippen molar-refractivity contribution in [3.05, 3.63) is 104 Å². The minimum atomic E-state index is -0.881. The third-order valence-electron chi connectivity index (χ3n) is 7.20. The Labute approximate surface area is 258 Å². The van der Waals surface area contributed by atoms with Crippen molar-refractivity contribution in [3.63, 3.8) is 0 Å². The van der Waals surface area contributed by atoms with Crippen LogP contribution >= 0.6 is 23.1 Å². The fraction of sp³-hybridized carbons (Fsp3) is 0.194. The number of fused-ring (bicyclic) bond motifs is 2. The third-order valence-corrected chi connectivity index (χ3v) is 9.60. The molecule has 2 N–H and O–H groups in total. The smallest absolute Gasteiger partial charge is 0.338 e. The lowest BCUT2D eigenvalue weighted by atomic mass is 9.82. The summed E-state index contributed by atoms with van der Waals surface area (Å²) in [7, 11) is 0.